The maximum absolute atomic E-state index is 11.6. The summed E-state index contributed by atoms with van der Waals surface area (Å²) < 4.78 is 11.6. The molecule has 0 amide bonds. The number of halogens is 1. The van der Waals surface area contributed by atoms with Crippen LogP contribution in [-0.2, 0) is 4.94 Å². The van der Waals surface area contributed by atoms with Crippen LogP contribution in [0.4, 0.5) is 4.53 Å². The highest BCUT2D eigenvalue weighted by Crippen LogP contribution is 2.36. The van der Waals surface area contributed by atoms with Crippen molar-refractivity contribution in [3.8, 4) is 0 Å². The molecule has 0 spiro atoms. The normalized spacial score (nSPS) is 17.6. The first-order valence-electron chi connectivity index (χ1n) is 5.41. The van der Waals surface area contributed by atoms with Gasteiger partial charge in [-0.2, -0.15) is 0 Å². The molecule has 16 heavy (non-hydrogen) atoms. The minimum atomic E-state index is -0.969. The highest BCUT2D eigenvalue weighted by molar-refractivity contribution is 5.88. The van der Waals surface area contributed by atoms with Crippen molar-refractivity contribution >= 4 is 5.97 Å². The minimum absolute atomic E-state index is 0.0178. The highest BCUT2D eigenvalue weighted by atomic mass is 19.3. The lowest BCUT2D eigenvalue weighted by Crippen LogP contribution is -2.26. The van der Waals surface area contributed by atoms with Crippen LogP contribution < -0.4 is 5.73 Å². The Morgan fingerprint density at radius 3 is 2.44 bits per heavy atom. The molecule has 1 aliphatic carbocycles. The van der Waals surface area contributed by atoms with Crippen LogP contribution in [0.5, 0.6) is 0 Å². The molecule has 0 radical (unpaired) electrons. The Bertz CT molecular complexity index is 373. The molecule has 0 aliphatic heterocycles. The molecule has 2 rings (SSSR count). The van der Waals surface area contributed by atoms with Crippen molar-refractivity contribution in [1.29, 1.82) is 0 Å². The third-order valence-electron chi connectivity index (χ3n) is 3.26. The van der Waals surface area contributed by atoms with E-state index in [1.54, 1.807) is 12.1 Å². The average Bonchev–Trinajstić information content (AvgIpc) is 2.26. The summed E-state index contributed by atoms with van der Waals surface area (Å²) in [6, 6.07) is 6.61. The molecule has 4 heteroatoms. The van der Waals surface area contributed by atoms with Gasteiger partial charge in [-0.15, -0.1) is 0 Å². The third kappa shape index (κ3) is 2.07. The van der Waals surface area contributed by atoms with Crippen LogP contribution in [-0.4, -0.2) is 5.97 Å². The Morgan fingerprint density at radius 2 is 2.00 bits per heavy atom. The van der Waals surface area contributed by atoms with Crippen molar-refractivity contribution in [3.05, 3.63) is 35.4 Å². The number of hydrogen-bond donors (Lipinski definition) is 1. The van der Waals surface area contributed by atoms with Crippen LogP contribution in [0.1, 0.15) is 41.2 Å². The summed E-state index contributed by atoms with van der Waals surface area (Å²) in [6.07, 6.45) is 3.56. The molecular weight excluding hydrogens is 209 g/mol. The first-order chi connectivity index (χ1) is 7.72. The standard InChI is InChI=1S/C12H14FNO2/c13-16-12(15)10-6-4-9(5-7-10)11(14)8-2-1-3-8/h4-8,11H,1-3,14H2. The van der Waals surface area contributed by atoms with Crippen molar-refractivity contribution in [3.63, 3.8) is 0 Å². The van der Waals surface area contributed by atoms with Crippen molar-refractivity contribution < 1.29 is 14.3 Å². The molecule has 0 saturated heterocycles. The predicted molar refractivity (Wildman–Crippen MR) is 57.2 cm³/mol. The number of benzene rings is 1. The van der Waals surface area contributed by atoms with Gasteiger partial charge in [0.15, 0.2) is 0 Å². The van der Waals surface area contributed by atoms with Crippen LogP contribution >= 0.6 is 0 Å². The Morgan fingerprint density at radius 1 is 1.38 bits per heavy atom. The molecule has 0 heterocycles. The van der Waals surface area contributed by atoms with E-state index in [1.807, 2.05) is 0 Å². The molecule has 1 aromatic carbocycles. The molecule has 1 aromatic rings. The molecule has 1 saturated carbocycles. The van der Waals surface area contributed by atoms with Gasteiger partial charge in [-0.3, -0.25) is 0 Å². The average molecular weight is 223 g/mol. The molecule has 2 N–H and O–H groups in total. The lowest BCUT2D eigenvalue weighted by molar-refractivity contribution is -0.0788. The Kier molecular flexibility index (Phi) is 3.19. The van der Waals surface area contributed by atoms with Gasteiger partial charge in [-0.1, -0.05) is 18.6 Å². The topological polar surface area (TPSA) is 52.3 Å². The van der Waals surface area contributed by atoms with E-state index in [2.05, 4.69) is 4.94 Å². The summed E-state index contributed by atoms with van der Waals surface area (Å²) in [4.78, 5) is 14.0. The summed E-state index contributed by atoms with van der Waals surface area (Å²) >= 11 is 0. The molecule has 3 nitrogen and oxygen atoms in total. The van der Waals surface area contributed by atoms with Gasteiger partial charge in [0, 0.05) is 10.6 Å². The maximum Gasteiger partial charge on any atom is 0.379 e. The van der Waals surface area contributed by atoms with Crippen molar-refractivity contribution in [1.82, 2.24) is 0 Å². The summed E-state index contributed by atoms with van der Waals surface area (Å²) in [6.45, 7) is 0. The van der Waals surface area contributed by atoms with E-state index >= 15 is 0 Å². The summed E-state index contributed by atoms with van der Waals surface area (Å²) in [5.74, 6) is -0.428. The van der Waals surface area contributed by atoms with E-state index in [0.717, 1.165) is 18.4 Å². The Labute approximate surface area is 93.3 Å². The van der Waals surface area contributed by atoms with Crippen LogP contribution in [0, 0.1) is 5.92 Å². The maximum atomic E-state index is 11.6. The summed E-state index contributed by atoms with van der Waals surface area (Å²) in [5.41, 5.74) is 7.26. The molecule has 1 atom stereocenters. The second-order valence-electron chi connectivity index (χ2n) is 4.20. The third-order valence-corrected chi connectivity index (χ3v) is 3.26. The lowest BCUT2D eigenvalue weighted by Gasteiger charge is -2.31. The van der Waals surface area contributed by atoms with Crippen molar-refractivity contribution in [2.75, 3.05) is 0 Å². The molecule has 86 valence electrons. The van der Waals surface area contributed by atoms with Crippen LogP contribution in [0.3, 0.4) is 0 Å². The van der Waals surface area contributed by atoms with Gasteiger partial charge in [0.1, 0.15) is 0 Å². The molecule has 0 aromatic heterocycles. The van der Waals surface area contributed by atoms with Gasteiger partial charge in [0.2, 0.25) is 0 Å². The Balaban J connectivity index is 2.09. The van der Waals surface area contributed by atoms with E-state index in [4.69, 9.17) is 5.73 Å². The van der Waals surface area contributed by atoms with Gasteiger partial charge in [-0.05, 0) is 36.5 Å². The van der Waals surface area contributed by atoms with E-state index < -0.39 is 5.97 Å². The SMILES string of the molecule is NC(c1ccc(C(=O)OF)cc1)C1CCC1. The Hall–Kier alpha value is -1.42. The van der Waals surface area contributed by atoms with Gasteiger partial charge in [-0.25, -0.2) is 9.74 Å². The van der Waals surface area contributed by atoms with Gasteiger partial charge in [0.25, 0.3) is 0 Å². The zero-order valence-corrected chi connectivity index (χ0v) is 8.86. The van der Waals surface area contributed by atoms with Gasteiger partial charge >= 0.3 is 5.97 Å². The molecule has 0 bridgehead atoms. The largest absolute Gasteiger partial charge is 0.379 e. The van der Waals surface area contributed by atoms with Crippen LogP contribution in [0.25, 0.3) is 0 Å². The van der Waals surface area contributed by atoms with Crippen LogP contribution in [0.15, 0.2) is 24.3 Å². The summed E-state index contributed by atoms with van der Waals surface area (Å²) in [7, 11) is 0. The van der Waals surface area contributed by atoms with E-state index in [0.29, 0.717) is 5.92 Å². The first-order valence-corrected chi connectivity index (χ1v) is 5.41. The summed E-state index contributed by atoms with van der Waals surface area (Å²) in [5, 5.41) is 0. The number of hydrogen-bond acceptors (Lipinski definition) is 3. The molecule has 1 unspecified atom stereocenters. The molecule has 1 aliphatic rings. The second kappa shape index (κ2) is 4.61. The fourth-order valence-corrected chi connectivity index (χ4v) is 1.96. The van der Waals surface area contributed by atoms with Crippen LogP contribution in [0.2, 0.25) is 0 Å². The van der Waals surface area contributed by atoms with Gasteiger partial charge < -0.3 is 5.73 Å². The quantitative estimate of drug-likeness (QED) is 0.856. The fraction of sp³-hybridized carbons (Fsp3) is 0.417. The minimum Gasteiger partial charge on any atom is -0.324 e. The number of nitrogens with two attached hydrogens (primary N) is 1. The predicted octanol–water partition coefficient (Wildman–Crippen LogP) is 2.53. The number of carbonyl (C=O) groups excluding carboxylic acids is 1. The molecule has 1 fully saturated rings. The van der Waals surface area contributed by atoms with Crippen molar-refractivity contribution in [2.24, 2.45) is 11.7 Å². The zero-order chi connectivity index (χ0) is 11.5. The number of carbonyl (C=O) groups is 1. The van der Waals surface area contributed by atoms with Crippen molar-refractivity contribution in [2.45, 2.75) is 25.3 Å². The van der Waals surface area contributed by atoms with E-state index in [1.165, 1.54) is 18.6 Å². The monoisotopic (exact) mass is 223 g/mol. The lowest BCUT2D eigenvalue weighted by atomic mass is 9.77. The number of rotatable bonds is 3. The highest BCUT2D eigenvalue weighted by Gasteiger charge is 2.25. The van der Waals surface area contributed by atoms with E-state index in [-0.39, 0.29) is 11.6 Å². The van der Waals surface area contributed by atoms with E-state index in [9.17, 15) is 9.32 Å². The first kappa shape index (κ1) is 11.1. The van der Waals surface area contributed by atoms with Gasteiger partial charge in [0.05, 0.1) is 5.56 Å². The molecular formula is C12H14FNO2. The zero-order valence-electron chi connectivity index (χ0n) is 8.86. The second-order valence-corrected chi connectivity index (χ2v) is 4.20. The smallest absolute Gasteiger partial charge is 0.324 e. The fourth-order valence-electron chi connectivity index (χ4n) is 1.96.